The number of piperazine rings is 1. The molecule has 4 heteroatoms. The van der Waals surface area contributed by atoms with Gasteiger partial charge in [0, 0.05) is 37.9 Å². The van der Waals surface area contributed by atoms with E-state index < -0.39 is 5.97 Å². The van der Waals surface area contributed by atoms with Gasteiger partial charge in [0.05, 0.1) is 0 Å². The molecule has 0 aromatic heterocycles. The molecule has 1 heterocycles. The van der Waals surface area contributed by atoms with E-state index in [2.05, 4.69) is 29.7 Å². The number of hydrogen-bond donors (Lipinski definition) is 1. The smallest absolute Gasteiger partial charge is 0.328 e. The molecule has 114 valence electrons. The molecule has 0 spiro atoms. The zero-order valence-corrected chi connectivity index (χ0v) is 12.9. The summed E-state index contributed by atoms with van der Waals surface area (Å²) in [6, 6.07) is 6.14. The summed E-state index contributed by atoms with van der Waals surface area (Å²) in [5.74, 6) is -0.913. The van der Waals surface area contributed by atoms with Crippen LogP contribution in [0.4, 0.5) is 5.69 Å². The summed E-state index contributed by atoms with van der Waals surface area (Å²) >= 11 is 0. The summed E-state index contributed by atoms with van der Waals surface area (Å²) in [6.07, 6.45) is 4.03. The molecule has 1 aliphatic heterocycles. The van der Waals surface area contributed by atoms with Crippen LogP contribution in [0, 0.1) is 6.92 Å². The summed E-state index contributed by atoms with van der Waals surface area (Å²) in [7, 11) is 0. The first-order valence-corrected chi connectivity index (χ1v) is 7.59. The van der Waals surface area contributed by atoms with Crippen LogP contribution in [0.3, 0.4) is 0 Å². The minimum Gasteiger partial charge on any atom is -0.478 e. The van der Waals surface area contributed by atoms with Gasteiger partial charge in [0.2, 0.25) is 0 Å². The maximum absolute atomic E-state index is 10.6. The van der Waals surface area contributed by atoms with Gasteiger partial charge in [0.25, 0.3) is 0 Å². The first-order chi connectivity index (χ1) is 10.1. The molecule has 0 unspecified atom stereocenters. The van der Waals surface area contributed by atoms with Crippen molar-refractivity contribution in [3.8, 4) is 0 Å². The van der Waals surface area contributed by atoms with E-state index in [1.165, 1.54) is 30.3 Å². The van der Waals surface area contributed by atoms with Crippen molar-refractivity contribution >= 4 is 17.7 Å². The van der Waals surface area contributed by atoms with E-state index in [1.807, 2.05) is 12.1 Å². The molecule has 1 fully saturated rings. The van der Waals surface area contributed by atoms with Crippen molar-refractivity contribution < 1.29 is 9.90 Å². The van der Waals surface area contributed by atoms with Gasteiger partial charge in [0.15, 0.2) is 0 Å². The average Bonchev–Trinajstić information content (AvgIpc) is 2.47. The average molecular weight is 288 g/mol. The first-order valence-electron chi connectivity index (χ1n) is 7.59. The van der Waals surface area contributed by atoms with Gasteiger partial charge >= 0.3 is 5.97 Å². The normalized spacial score (nSPS) is 16.6. The molecule has 1 aliphatic rings. The number of aliphatic carboxylic acids is 1. The van der Waals surface area contributed by atoms with E-state index in [-0.39, 0.29) is 0 Å². The minimum absolute atomic E-state index is 0.913. The van der Waals surface area contributed by atoms with Gasteiger partial charge in [-0.1, -0.05) is 13.0 Å². The largest absolute Gasteiger partial charge is 0.478 e. The topological polar surface area (TPSA) is 43.8 Å². The van der Waals surface area contributed by atoms with Crippen LogP contribution in [0.1, 0.15) is 24.5 Å². The van der Waals surface area contributed by atoms with Crippen LogP contribution in [0.15, 0.2) is 24.3 Å². The number of benzene rings is 1. The summed E-state index contributed by atoms with van der Waals surface area (Å²) in [4.78, 5) is 15.5. The molecule has 1 aromatic carbocycles. The maximum atomic E-state index is 10.6. The third kappa shape index (κ3) is 4.33. The molecule has 1 saturated heterocycles. The molecular formula is C17H24N2O2. The number of nitrogens with zero attached hydrogens (tertiary/aromatic N) is 2. The van der Waals surface area contributed by atoms with Crippen molar-refractivity contribution in [2.75, 3.05) is 37.6 Å². The van der Waals surface area contributed by atoms with Crippen LogP contribution in [0.5, 0.6) is 0 Å². The monoisotopic (exact) mass is 288 g/mol. The Balaban J connectivity index is 2.03. The second-order valence-corrected chi connectivity index (χ2v) is 5.55. The number of anilines is 1. The van der Waals surface area contributed by atoms with Gasteiger partial charge in [-0.15, -0.1) is 0 Å². The quantitative estimate of drug-likeness (QED) is 0.846. The second-order valence-electron chi connectivity index (χ2n) is 5.55. The van der Waals surface area contributed by atoms with Crippen molar-refractivity contribution in [2.24, 2.45) is 0 Å². The molecule has 0 bridgehead atoms. The van der Waals surface area contributed by atoms with Crippen molar-refractivity contribution in [2.45, 2.75) is 20.3 Å². The van der Waals surface area contributed by atoms with Gasteiger partial charge in [0.1, 0.15) is 0 Å². The fourth-order valence-electron chi connectivity index (χ4n) is 2.83. The van der Waals surface area contributed by atoms with E-state index in [0.717, 1.165) is 31.7 Å². The van der Waals surface area contributed by atoms with Crippen molar-refractivity contribution in [1.82, 2.24) is 4.90 Å². The molecule has 2 rings (SSSR count). The highest BCUT2D eigenvalue weighted by molar-refractivity contribution is 5.85. The number of carbonyl (C=O) groups is 1. The van der Waals surface area contributed by atoms with Gasteiger partial charge in [-0.25, -0.2) is 4.79 Å². The molecule has 1 aromatic rings. The SMILES string of the molecule is CCCN1CCN(c2ccc(C=CC(=O)O)cc2C)CC1. The van der Waals surface area contributed by atoms with Crippen LogP contribution in [-0.2, 0) is 4.79 Å². The highest BCUT2D eigenvalue weighted by Crippen LogP contribution is 2.23. The predicted molar refractivity (Wildman–Crippen MR) is 86.8 cm³/mol. The molecule has 0 amide bonds. The lowest BCUT2D eigenvalue weighted by Crippen LogP contribution is -2.46. The molecule has 0 aliphatic carbocycles. The van der Waals surface area contributed by atoms with E-state index in [9.17, 15) is 4.79 Å². The van der Waals surface area contributed by atoms with Crippen LogP contribution in [-0.4, -0.2) is 48.7 Å². The third-order valence-corrected chi connectivity index (χ3v) is 3.89. The zero-order valence-electron chi connectivity index (χ0n) is 12.9. The minimum atomic E-state index is -0.913. The predicted octanol–water partition coefficient (Wildman–Crippen LogP) is 2.62. The highest BCUT2D eigenvalue weighted by atomic mass is 16.4. The van der Waals surface area contributed by atoms with Crippen LogP contribution < -0.4 is 4.90 Å². The lowest BCUT2D eigenvalue weighted by atomic mass is 10.1. The lowest BCUT2D eigenvalue weighted by Gasteiger charge is -2.36. The Morgan fingerprint density at radius 2 is 2.00 bits per heavy atom. The molecule has 21 heavy (non-hydrogen) atoms. The Kier molecular flexibility index (Phi) is 5.39. The van der Waals surface area contributed by atoms with Crippen LogP contribution >= 0.6 is 0 Å². The number of hydrogen-bond acceptors (Lipinski definition) is 3. The van der Waals surface area contributed by atoms with E-state index >= 15 is 0 Å². The number of carboxylic acids is 1. The molecule has 4 nitrogen and oxygen atoms in total. The number of aryl methyl sites for hydroxylation is 1. The van der Waals surface area contributed by atoms with Crippen LogP contribution in [0.2, 0.25) is 0 Å². The van der Waals surface area contributed by atoms with E-state index in [4.69, 9.17) is 5.11 Å². The van der Waals surface area contributed by atoms with Crippen molar-refractivity contribution in [3.05, 3.63) is 35.4 Å². The molecule has 0 saturated carbocycles. The fraction of sp³-hybridized carbons (Fsp3) is 0.471. The molecule has 0 atom stereocenters. The molecule has 1 N–H and O–H groups in total. The Morgan fingerprint density at radius 1 is 1.29 bits per heavy atom. The molecule has 0 radical (unpaired) electrons. The van der Waals surface area contributed by atoms with Crippen molar-refractivity contribution in [1.29, 1.82) is 0 Å². The zero-order chi connectivity index (χ0) is 15.2. The number of rotatable bonds is 5. The Bertz CT molecular complexity index is 518. The highest BCUT2D eigenvalue weighted by Gasteiger charge is 2.17. The molecular weight excluding hydrogens is 264 g/mol. The lowest BCUT2D eigenvalue weighted by molar-refractivity contribution is -0.131. The maximum Gasteiger partial charge on any atom is 0.328 e. The number of carboxylic acid groups (broad SMARTS) is 1. The van der Waals surface area contributed by atoms with Gasteiger partial charge in [-0.05, 0) is 49.2 Å². The Morgan fingerprint density at radius 3 is 2.57 bits per heavy atom. The van der Waals surface area contributed by atoms with Gasteiger partial charge < -0.3 is 10.0 Å². The van der Waals surface area contributed by atoms with E-state index in [0.29, 0.717) is 0 Å². The summed E-state index contributed by atoms with van der Waals surface area (Å²) in [5.41, 5.74) is 3.40. The van der Waals surface area contributed by atoms with Crippen LogP contribution in [0.25, 0.3) is 6.08 Å². The van der Waals surface area contributed by atoms with Gasteiger partial charge in [-0.2, -0.15) is 0 Å². The Hall–Kier alpha value is -1.81. The first kappa shape index (κ1) is 15.6. The summed E-state index contributed by atoms with van der Waals surface area (Å²) < 4.78 is 0. The second kappa shape index (κ2) is 7.27. The summed E-state index contributed by atoms with van der Waals surface area (Å²) in [6.45, 7) is 9.86. The Labute approximate surface area is 126 Å². The standard InChI is InChI=1S/C17H24N2O2/c1-3-8-18-9-11-19(12-10-18)16-6-4-15(13-14(16)2)5-7-17(20)21/h4-7,13H,3,8-12H2,1-2H3,(H,20,21). The third-order valence-electron chi connectivity index (χ3n) is 3.89. The fourth-order valence-corrected chi connectivity index (χ4v) is 2.83. The van der Waals surface area contributed by atoms with Gasteiger partial charge in [-0.3, -0.25) is 4.90 Å². The summed E-state index contributed by atoms with van der Waals surface area (Å²) in [5, 5.41) is 8.67. The van der Waals surface area contributed by atoms with E-state index in [1.54, 1.807) is 6.08 Å². The van der Waals surface area contributed by atoms with Crippen molar-refractivity contribution in [3.63, 3.8) is 0 Å².